The molecule has 0 radical (unpaired) electrons. The first-order valence-electron chi connectivity index (χ1n) is 8.64. The minimum absolute atomic E-state index is 0.0770. The van der Waals surface area contributed by atoms with Gasteiger partial charge in [0.2, 0.25) is 5.91 Å². The van der Waals surface area contributed by atoms with Crippen molar-refractivity contribution in [2.75, 3.05) is 11.9 Å². The minimum Gasteiger partial charge on any atom is -0.351 e. The highest BCUT2D eigenvalue weighted by Crippen LogP contribution is 2.19. The van der Waals surface area contributed by atoms with Gasteiger partial charge in [-0.2, -0.15) is 0 Å². The zero-order chi connectivity index (χ0) is 18.4. The van der Waals surface area contributed by atoms with Crippen molar-refractivity contribution in [1.29, 1.82) is 0 Å². The second kappa shape index (κ2) is 8.62. The molecule has 0 aliphatic heterocycles. The second-order valence-electron chi connectivity index (χ2n) is 6.21. The largest absolute Gasteiger partial charge is 0.351 e. The smallest absolute Gasteiger partial charge is 0.261 e. The van der Waals surface area contributed by atoms with Gasteiger partial charge in [0.05, 0.1) is 4.88 Å². The van der Waals surface area contributed by atoms with Crippen LogP contribution in [0.15, 0.2) is 41.8 Å². The number of thiophene rings is 1. The maximum atomic E-state index is 12.0. The monoisotopic (exact) mass is 371 g/mol. The van der Waals surface area contributed by atoms with Crippen LogP contribution in [0.4, 0.5) is 5.69 Å². The fourth-order valence-corrected chi connectivity index (χ4v) is 3.01. The molecule has 1 aromatic carbocycles. The molecule has 0 spiro atoms. The number of carbonyl (C=O) groups is 3. The van der Waals surface area contributed by atoms with E-state index >= 15 is 0 Å². The van der Waals surface area contributed by atoms with Gasteiger partial charge in [-0.25, -0.2) is 0 Å². The molecule has 1 aliphatic carbocycles. The molecule has 1 aliphatic rings. The lowest BCUT2D eigenvalue weighted by Gasteiger charge is -2.07. The van der Waals surface area contributed by atoms with Gasteiger partial charge >= 0.3 is 0 Å². The number of benzene rings is 1. The van der Waals surface area contributed by atoms with Gasteiger partial charge in [0.15, 0.2) is 0 Å². The van der Waals surface area contributed by atoms with Crippen molar-refractivity contribution in [3.63, 3.8) is 0 Å². The number of hydrogen-bond donors (Lipinski definition) is 3. The zero-order valence-corrected chi connectivity index (χ0v) is 15.1. The van der Waals surface area contributed by atoms with E-state index < -0.39 is 0 Å². The summed E-state index contributed by atoms with van der Waals surface area (Å²) in [5, 5.41) is 10.4. The van der Waals surface area contributed by atoms with Crippen molar-refractivity contribution in [2.24, 2.45) is 0 Å². The predicted octanol–water partition coefficient (Wildman–Crippen LogP) is 2.79. The number of anilines is 1. The van der Waals surface area contributed by atoms with Crippen LogP contribution in [-0.4, -0.2) is 30.3 Å². The van der Waals surface area contributed by atoms with Crippen LogP contribution in [-0.2, 0) is 4.79 Å². The van der Waals surface area contributed by atoms with Crippen molar-refractivity contribution >= 4 is 34.7 Å². The summed E-state index contributed by atoms with van der Waals surface area (Å²) in [4.78, 5) is 36.3. The number of rotatable bonds is 8. The zero-order valence-electron chi connectivity index (χ0n) is 14.3. The Morgan fingerprint density at radius 1 is 1.04 bits per heavy atom. The first-order chi connectivity index (χ1) is 12.6. The molecule has 3 amide bonds. The van der Waals surface area contributed by atoms with Crippen LogP contribution < -0.4 is 16.0 Å². The Kier molecular flexibility index (Phi) is 6.01. The highest BCUT2D eigenvalue weighted by Gasteiger charge is 2.23. The number of amides is 3. The molecule has 2 aromatic rings. The Bertz CT molecular complexity index is 768. The molecule has 0 bridgehead atoms. The molecule has 0 unspecified atom stereocenters. The first kappa shape index (κ1) is 18.1. The normalized spacial score (nSPS) is 13.1. The SMILES string of the molecule is O=C(CCCNC(=O)c1cccs1)Nc1ccc(C(=O)NC2CC2)cc1. The molecule has 0 atom stereocenters. The standard InChI is InChI=1S/C19H21N3O3S/c23-17(4-1-11-20-19(25)16-3-2-12-26-16)21-14-7-5-13(6-8-14)18(24)22-15-9-10-15/h2-3,5-8,12,15H,1,4,9-11H2,(H,20,25)(H,21,23)(H,22,24). The van der Waals surface area contributed by atoms with Gasteiger partial charge in [-0.1, -0.05) is 6.07 Å². The van der Waals surface area contributed by atoms with Gasteiger partial charge < -0.3 is 16.0 Å². The van der Waals surface area contributed by atoms with E-state index in [0.717, 1.165) is 12.8 Å². The Labute approximate surface area is 156 Å². The lowest BCUT2D eigenvalue weighted by molar-refractivity contribution is -0.116. The summed E-state index contributed by atoms with van der Waals surface area (Å²) in [7, 11) is 0. The molecule has 3 rings (SSSR count). The van der Waals surface area contributed by atoms with Gasteiger partial charge in [0.25, 0.3) is 11.8 Å². The average molecular weight is 371 g/mol. The summed E-state index contributed by atoms with van der Waals surface area (Å²) < 4.78 is 0. The molecule has 1 saturated carbocycles. The lowest BCUT2D eigenvalue weighted by Crippen LogP contribution is -2.25. The summed E-state index contributed by atoms with van der Waals surface area (Å²) in [5.41, 5.74) is 1.24. The molecule has 1 fully saturated rings. The van der Waals surface area contributed by atoms with Crippen molar-refractivity contribution in [3.8, 4) is 0 Å². The quantitative estimate of drug-likeness (QED) is 0.624. The van der Waals surface area contributed by atoms with E-state index in [1.807, 2.05) is 11.4 Å². The van der Waals surface area contributed by atoms with Crippen LogP contribution in [0.1, 0.15) is 45.7 Å². The summed E-state index contributed by atoms with van der Waals surface area (Å²) >= 11 is 1.39. The van der Waals surface area contributed by atoms with Gasteiger partial charge in [-0.3, -0.25) is 14.4 Å². The van der Waals surface area contributed by atoms with Crippen LogP contribution in [0.5, 0.6) is 0 Å². The summed E-state index contributed by atoms with van der Waals surface area (Å²) in [6, 6.07) is 10.8. The molecular weight excluding hydrogens is 350 g/mol. The van der Waals surface area contributed by atoms with Crippen molar-refractivity contribution in [1.82, 2.24) is 10.6 Å². The molecule has 136 valence electrons. The highest BCUT2D eigenvalue weighted by molar-refractivity contribution is 7.12. The van der Waals surface area contributed by atoms with Gasteiger partial charge in [0.1, 0.15) is 0 Å². The molecule has 26 heavy (non-hydrogen) atoms. The second-order valence-corrected chi connectivity index (χ2v) is 7.16. The van der Waals surface area contributed by atoms with Gasteiger partial charge in [0, 0.05) is 30.3 Å². The van der Waals surface area contributed by atoms with E-state index in [1.165, 1.54) is 11.3 Å². The van der Waals surface area contributed by atoms with E-state index in [2.05, 4.69) is 16.0 Å². The van der Waals surface area contributed by atoms with Crippen LogP contribution in [0, 0.1) is 0 Å². The molecule has 1 aromatic heterocycles. The van der Waals surface area contributed by atoms with Gasteiger partial charge in [-0.15, -0.1) is 11.3 Å². The Hall–Kier alpha value is -2.67. The fourth-order valence-electron chi connectivity index (χ4n) is 2.37. The van der Waals surface area contributed by atoms with E-state index in [-0.39, 0.29) is 17.7 Å². The molecule has 6 nitrogen and oxygen atoms in total. The maximum Gasteiger partial charge on any atom is 0.261 e. The lowest BCUT2D eigenvalue weighted by atomic mass is 10.2. The topological polar surface area (TPSA) is 87.3 Å². The van der Waals surface area contributed by atoms with E-state index in [9.17, 15) is 14.4 Å². The number of hydrogen-bond acceptors (Lipinski definition) is 4. The third kappa shape index (κ3) is 5.42. The summed E-state index contributed by atoms with van der Waals surface area (Å²) in [6.45, 7) is 0.449. The van der Waals surface area contributed by atoms with E-state index in [4.69, 9.17) is 0 Å². The van der Waals surface area contributed by atoms with Crippen LogP contribution >= 0.6 is 11.3 Å². The van der Waals surface area contributed by atoms with Crippen LogP contribution in [0.2, 0.25) is 0 Å². The highest BCUT2D eigenvalue weighted by atomic mass is 32.1. The number of nitrogens with one attached hydrogen (secondary N) is 3. The maximum absolute atomic E-state index is 12.0. The van der Waals surface area contributed by atoms with E-state index in [1.54, 1.807) is 30.3 Å². The average Bonchev–Trinajstić information content (AvgIpc) is 3.27. The minimum atomic E-state index is -0.120. The van der Waals surface area contributed by atoms with Gasteiger partial charge in [-0.05, 0) is 55.0 Å². The Balaban J connectivity index is 1.36. The molecule has 0 saturated heterocycles. The third-order valence-electron chi connectivity index (χ3n) is 3.95. The van der Waals surface area contributed by atoms with Crippen LogP contribution in [0.25, 0.3) is 0 Å². The molecule has 1 heterocycles. The summed E-state index contributed by atoms with van der Waals surface area (Å²) in [6.07, 6.45) is 2.97. The van der Waals surface area contributed by atoms with Crippen molar-refractivity contribution in [2.45, 2.75) is 31.7 Å². The first-order valence-corrected chi connectivity index (χ1v) is 9.52. The molecule has 7 heteroatoms. The van der Waals surface area contributed by atoms with Crippen molar-refractivity contribution < 1.29 is 14.4 Å². The number of carbonyl (C=O) groups excluding carboxylic acids is 3. The Morgan fingerprint density at radius 3 is 2.46 bits per heavy atom. The van der Waals surface area contributed by atoms with Crippen LogP contribution in [0.3, 0.4) is 0 Å². The summed E-state index contributed by atoms with van der Waals surface area (Å²) in [5.74, 6) is -0.308. The van der Waals surface area contributed by atoms with Crippen molar-refractivity contribution in [3.05, 3.63) is 52.2 Å². The van der Waals surface area contributed by atoms with E-state index in [0.29, 0.717) is 41.6 Å². The third-order valence-corrected chi connectivity index (χ3v) is 4.82. The predicted molar refractivity (Wildman–Crippen MR) is 101 cm³/mol. The fraction of sp³-hybridized carbons (Fsp3) is 0.316. The molecule has 3 N–H and O–H groups in total. The Morgan fingerprint density at radius 2 is 1.81 bits per heavy atom. The molecular formula is C19H21N3O3S.